The van der Waals surface area contributed by atoms with E-state index in [1.165, 1.54) is 17.4 Å². The molecule has 2 aliphatic heterocycles. The largest absolute Gasteiger partial charge is 0.308 e. The minimum absolute atomic E-state index is 0.402. The topological polar surface area (TPSA) is 32.7 Å². The van der Waals surface area contributed by atoms with Gasteiger partial charge in [-0.15, -0.1) is 0 Å². The fraction of sp³-hybridized carbons (Fsp3) is 0.0769. The molecule has 0 fully saturated rings. The zero-order chi connectivity index (χ0) is 11.8. The second-order valence-corrected chi connectivity index (χ2v) is 4.24. The summed E-state index contributed by atoms with van der Waals surface area (Å²) in [7, 11) is 0. The summed E-state index contributed by atoms with van der Waals surface area (Å²) < 4.78 is 0. The Morgan fingerprint density at radius 2 is 2.35 bits per heavy atom. The second-order valence-electron chi connectivity index (χ2n) is 3.90. The highest BCUT2D eigenvalue weighted by atomic mass is 35.5. The molecule has 0 unspecified atom stereocenters. The lowest BCUT2D eigenvalue weighted by molar-refractivity contribution is -0.108. The van der Waals surface area contributed by atoms with Crippen molar-refractivity contribution in [1.29, 1.82) is 0 Å². The van der Waals surface area contributed by atoms with Crippen LogP contribution in [0.3, 0.4) is 0 Å². The van der Waals surface area contributed by atoms with E-state index >= 15 is 0 Å². The van der Waals surface area contributed by atoms with Crippen LogP contribution in [-0.4, -0.2) is 16.4 Å². The van der Waals surface area contributed by atoms with Crippen LogP contribution in [0.15, 0.2) is 64.2 Å². The number of hydrogen-bond acceptors (Lipinski definition) is 3. The minimum Gasteiger partial charge on any atom is -0.308 e. The third-order valence-electron chi connectivity index (χ3n) is 2.84. The fourth-order valence-electron chi connectivity index (χ4n) is 2.00. The molecule has 84 valence electrons. The number of allylic oxidation sites excluding steroid dienone is 7. The predicted octanol–water partition coefficient (Wildman–Crippen LogP) is 2.65. The van der Waals surface area contributed by atoms with Crippen LogP contribution in [0.1, 0.15) is 6.42 Å². The van der Waals surface area contributed by atoms with E-state index in [1.807, 2.05) is 23.3 Å². The molecule has 3 aliphatic rings. The van der Waals surface area contributed by atoms with Gasteiger partial charge in [-0.1, -0.05) is 18.2 Å². The Kier molecular flexibility index (Phi) is 2.34. The van der Waals surface area contributed by atoms with Crippen molar-refractivity contribution in [3.8, 4) is 0 Å². The van der Waals surface area contributed by atoms with Crippen LogP contribution in [0, 0.1) is 0 Å². The molecule has 0 atom stereocenters. The van der Waals surface area contributed by atoms with Gasteiger partial charge < -0.3 is 4.90 Å². The van der Waals surface area contributed by atoms with Crippen LogP contribution in [0.4, 0.5) is 0 Å². The number of fused-ring (bicyclic) bond motifs is 2. The summed E-state index contributed by atoms with van der Waals surface area (Å²) >= 11 is 5.44. The lowest BCUT2D eigenvalue weighted by atomic mass is 9.95. The average Bonchev–Trinajstić information content (AvgIpc) is 2.38. The molecule has 1 aliphatic carbocycles. The molecule has 0 saturated carbocycles. The Balaban J connectivity index is 2.05. The first-order chi connectivity index (χ1) is 8.25. The SMILES string of the molecule is O=C(Cl)C1=CN2C=CC3=CC=CCC3=C2N=C1. The summed E-state index contributed by atoms with van der Waals surface area (Å²) in [5, 5.41) is -0.490. The maximum Gasteiger partial charge on any atom is 0.255 e. The van der Waals surface area contributed by atoms with Crippen molar-refractivity contribution in [2.45, 2.75) is 6.42 Å². The number of rotatable bonds is 1. The molecular weight excluding hydrogens is 236 g/mol. The molecule has 0 amide bonds. The number of hydrogen-bond donors (Lipinski definition) is 0. The molecule has 4 heteroatoms. The van der Waals surface area contributed by atoms with Crippen molar-refractivity contribution in [2.24, 2.45) is 4.99 Å². The van der Waals surface area contributed by atoms with Crippen molar-refractivity contribution >= 4 is 23.1 Å². The van der Waals surface area contributed by atoms with Crippen molar-refractivity contribution < 1.29 is 4.79 Å². The first kappa shape index (κ1) is 10.3. The number of halogens is 1. The maximum atomic E-state index is 11.1. The molecule has 0 saturated heterocycles. The molecule has 3 rings (SSSR count). The van der Waals surface area contributed by atoms with Gasteiger partial charge in [0.2, 0.25) is 0 Å². The van der Waals surface area contributed by atoms with Crippen LogP contribution in [0.25, 0.3) is 0 Å². The molecule has 0 radical (unpaired) electrons. The van der Waals surface area contributed by atoms with E-state index in [-0.39, 0.29) is 0 Å². The van der Waals surface area contributed by atoms with E-state index < -0.39 is 5.24 Å². The highest BCUT2D eigenvalue weighted by molar-refractivity contribution is 6.70. The fourth-order valence-corrected chi connectivity index (χ4v) is 2.10. The van der Waals surface area contributed by atoms with Gasteiger partial charge in [0, 0.05) is 24.2 Å². The average molecular weight is 245 g/mol. The number of aliphatic imine (C=N–C) groups is 1. The summed E-state index contributed by atoms with van der Waals surface area (Å²) in [6.45, 7) is 0. The molecule has 0 bridgehead atoms. The molecule has 3 nitrogen and oxygen atoms in total. The summed E-state index contributed by atoms with van der Waals surface area (Å²) in [6, 6.07) is 0. The van der Waals surface area contributed by atoms with Gasteiger partial charge >= 0.3 is 0 Å². The van der Waals surface area contributed by atoms with Crippen LogP contribution in [0.2, 0.25) is 0 Å². The first-order valence-electron chi connectivity index (χ1n) is 5.28. The van der Waals surface area contributed by atoms with Crippen LogP contribution in [-0.2, 0) is 4.79 Å². The summed E-state index contributed by atoms with van der Waals surface area (Å²) in [5.74, 6) is 0.866. The van der Waals surface area contributed by atoms with E-state index in [2.05, 4.69) is 17.1 Å². The lowest BCUT2D eigenvalue weighted by Crippen LogP contribution is -2.20. The van der Waals surface area contributed by atoms with E-state index in [0.29, 0.717) is 5.57 Å². The number of carbonyl (C=O) groups is 1. The Labute approximate surface area is 104 Å². The quantitative estimate of drug-likeness (QED) is 0.665. The van der Waals surface area contributed by atoms with Crippen molar-refractivity contribution in [1.82, 2.24) is 4.90 Å². The van der Waals surface area contributed by atoms with E-state index in [0.717, 1.165) is 12.2 Å². The van der Waals surface area contributed by atoms with E-state index in [9.17, 15) is 4.79 Å². The van der Waals surface area contributed by atoms with Gasteiger partial charge in [-0.2, -0.15) is 0 Å². The van der Waals surface area contributed by atoms with Crippen LogP contribution < -0.4 is 0 Å². The Bertz CT molecular complexity index is 576. The lowest BCUT2D eigenvalue weighted by Gasteiger charge is -2.28. The van der Waals surface area contributed by atoms with Gasteiger partial charge in [0.25, 0.3) is 5.24 Å². The van der Waals surface area contributed by atoms with Crippen LogP contribution >= 0.6 is 11.6 Å². The Morgan fingerprint density at radius 3 is 3.18 bits per heavy atom. The van der Waals surface area contributed by atoms with Gasteiger partial charge in [0.1, 0.15) is 5.82 Å². The summed E-state index contributed by atoms with van der Waals surface area (Å²) in [4.78, 5) is 17.2. The molecule has 2 heterocycles. The monoisotopic (exact) mass is 244 g/mol. The van der Waals surface area contributed by atoms with Gasteiger partial charge in [-0.25, -0.2) is 4.99 Å². The smallest absolute Gasteiger partial charge is 0.255 e. The first-order valence-corrected chi connectivity index (χ1v) is 5.66. The van der Waals surface area contributed by atoms with Gasteiger partial charge in [-0.3, -0.25) is 4.79 Å². The number of carbonyl (C=O) groups excluding carboxylic acids is 1. The second kappa shape index (κ2) is 3.86. The predicted molar refractivity (Wildman–Crippen MR) is 67.3 cm³/mol. The normalized spacial score (nSPS) is 20.9. The standard InChI is InChI=1S/C13H9ClN2O/c14-12(17)10-7-15-13-11-4-2-1-3-9(11)5-6-16(13)8-10/h1-3,5-8H,4H2. The highest BCUT2D eigenvalue weighted by Gasteiger charge is 2.22. The summed E-state index contributed by atoms with van der Waals surface area (Å²) in [5.41, 5.74) is 2.74. The molecule has 0 aromatic carbocycles. The molecule has 0 N–H and O–H groups in total. The van der Waals surface area contributed by atoms with Crippen molar-refractivity contribution in [3.05, 3.63) is 59.2 Å². The minimum atomic E-state index is -0.490. The third kappa shape index (κ3) is 1.68. The maximum absolute atomic E-state index is 11.1. The molecular formula is C13H9ClN2O. The molecule has 0 aromatic rings. The van der Waals surface area contributed by atoms with Crippen molar-refractivity contribution in [2.75, 3.05) is 0 Å². The third-order valence-corrected chi connectivity index (χ3v) is 3.06. The van der Waals surface area contributed by atoms with Gasteiger partial charge in [0.15, 0.2) is 0 Å². The van der Waals surface area contributed by atoms with Gasteiger partial charge in [-0.05, 0) is 29.7 Å². The van der Waals surface area contributed by atoms with E-state index in [1.54, 1.807) is 6.20 Å². The van der Waals surface area contributed by atoms with Gasteiger partial charge in [0.05, 0.1) is 5.57 Å². The highest BCUT2D eigenvalue weighted by Crippen LogP contribution is 2.32. The zero-order valence-corrected chi connectivity index (χ0v) is 9.69. The van der Waals surface area contributed by atoms with Crippen molar-refractivity contribution in [3.63, 3.8) is 0 Å². The molecule has 17 heavy (non-hydrogen) atoms. The van der Waals surface area contributed by atoms with Crippen LogP contribution in [0.5, 0.6) is 0 Å². The molecule has 0 aromatic heterocycles. The Morgan fingerprint density at radius 1 is 1.47 bits per heavy atom. The summed E-state index contributed by atoms with van der Waals surface area (Å²) in [6.07, 6.45) is 14.2. The molecule has 0 spiro atoms. The number of nitrogens with zero attached hydrogens (tertiary/aromatic N) is 2. The van der Waals surface area contributed by atoms with E-state index in [4.69, 9.17) is 11.6 Å². The Hall–Kier alpha value is -1.87. The zero-order valence-electron chi connectivity index (χ0n) is 8.93.